The van der Waals surface area contributed by atoms with Crippen molar-refractivity contribution in [3.63, 3.8) is 0 Å². The van der Waals surface area contributed by atoms with Crippen molar-refractivity contribution in [2.24, 2.45) is 16.6 Å². The van der Waals surface area contributed by atoms with Gasteiger partial charge in [0.1, 0.15) is 0 Å². The van der Waals surface area contributed by atoms with Gasteiger partial charge in [-0.15, -0.1) is 35.7 Å². The van der Waals surface area contributed by atoms with Crippen LogP contribution in [0.3, 0.4) is 0 Å². The largest absolute Gasteiger partial charge is 0.370 e. The zero-order valence-electron chi connectivity index (χ0n) is 12.9. The van der Waals surface area contributed by atoms with Gasteiger partial charge in [-0.3, -0.25) is 4.99 Å². The average Bonchev–Trinajstić information content (AvgIpc) is 2.46. The summed E-state index contributed by atoms with van der Waals surface area (Å²) in [6.07, 6.45) is 2.46. The SMILES string of the molecule is Cc1ccc(SCCN=C(N)N2CCC(C)CC2)cc1.I. The highest BCUT2D eigenvalue weighted by molar-refractivity contribution is 14.0. The van der Waals surface area contributed by atoms with Crippen molar-refractivity contribution in [3.8, 4) is 0 Å². The Balaban J connectivity index is 0.00000220. The normalized spacial score (nSPS) is 16.7. The number of hydrogen-bond acceptors (Lipinski definition) is 2. The molecule has 0 unspecified atom stereocenters. The van der Waals surface area contributed by atoms with Gasteiger partial charge in [-0.05, 0) is 37.8 Å². The minimum Gasteiger partial charge on any atom is -0.370 e. The Kier molecular flexibility index (Phi) is 8.48. The molecule has 0 radical (unpaired) electrons. The molecule has 0 aromatic heterocycles. The third kappa shape index (κ3) is 6.46. The number of aryl methyl sites for hydroxylation is 1. The summed E-state index contributed by atoms with van der Waals surface area (Å²) in [5.74, 6) is 2.53. The Labute approximate surface area is 149 Å². The molecule has 3 nitrogen and oxygen atoms in total. The molecule has 1 saturated heterocycles. The maximum absolute atomic E-state index is 6.06. The lowest BCUT2D eigenvalue weighted by Gasteiger charge is -2.31. The first-order valence-corrected chi connectivity index (χ1v) is 8.38. The van der Waals surface area contributed by atoms with Crippen LogP contribution in [-0.4, -0.2) is 36.2 Å². The number of likely N-dealkylation sites (tertiary alicyclic amines) is 1. The fourth-order valence-corrected chi connectivity index (χ4v) is 3.04. The maximum Gasteiger partial charge on any atom is 0.191 e. The van der Waals surface area contributed by atoms with Gasteiger partial charge in [0.2, 0.25) is 0 Å². The molecule has 0 amide bonds. The lowest BCUT2D eigenvalue weighted by Crippen LogP contribution is -2.42. The lowest BCUT2D eigenvalue weighted by molar-refractivity contribution is 0.278. The molecule has 1 aromatic rings. The van der Waals surface area contributed by atoms with Gasteiger partial charge in [0.25, 0.3) is 0 Å². The quantitative estimate of drug-likeness (QED) is 0.266. The van der Waals surface area contributed by atoms with E-state index in [4.69, 9.17) is 5.73 Å². The minimum atomic E-state index is 0. The van der Waals surface area contributed by atoms with Crippen LogP contribution in [0.1, 0.15) is 25.3 Å². The topological polar surface area (TPSA) is 41.6 Å². The second-order valence-electron chi connectivity index (χ2n) is 5.57. The van der Waals surface area contributed by atoms with E-state index in [1.54, 1.807) is 0 Å². The molecule has 1 aliphatic heterocycles. The van der Waals surface area contributed by atoms with Crippen LogP contribution in [0.5, 0.6) is 0 Å². The van der Waals surface area contributed by atoms with Gasteiger partial charge in [-0.2, -0.15) is 0 Å². The molecule has 2 N–H and O–H groups in total. The number of guanidine groups is 1. The first-order chi connectivity index (χ1) is 9.65. The predicted octanol–water partition coefficient (Wildman–Crippen LogP) is 3.75. The molecule has 21 heavy (non-hydrogen) atoms. The third-order valence-electron chi connectivity index (χ3n) is 3.76. The van der Waals surface area contributed by atoms with E-state index in [1.807, 2.05) is 11.8 Å². The molecule has 0 aliphatic carbocycles. The molecular formula is C16H26IN3S. The maximum atomic E-state index is 6.06. The number of benzene rings is 1. The van der Waals surface area contributed by atoms with Crippen molar-refractivity contribution in [1.82, 2.24) is 4.90 Å². The third-order valence-corrected chi connectivity index (χ3v) is 4.75. The number of rotatable bonds is 4. The summed E-state index contributed by atoms with van der Waals surface area (Å²) in [5.41, 5.74) is 7.36. The molecule has 1 fully saturated rings. The number of nitrogens with zero attached hydrogens (tertiary/aromatic N) is 2. The zero-order chi connectivity index (χ0) is 14.4. The molecule has 1 aromatic carbocycles. The number of aliphatic imine (C=N–C) groups is 1. The number of piperidine rings is 1. The minimum absolute atomic E-state index is 0. The van der Waals surface area contributed by atoms with Crippen molar-refractivity contribution in [2.45, 2.75) is 31.6 Å². The first-order valence-electron chi connectivity index (χ1n) is 7.39. The summed E-state index contributed by atoms with van der Waals surface area (Å²) in [6, 6.07) is 8.63. The Bertz CT molecular complexity index is 439. The van der Waals surface area contributed by atoms with Crippen LogP contribution >= 0.6 is 35.7 Å². The highest BCUT2D eigenvalue weighted by Crippen LogP contribution is 2.18. The van der Waals surface area contributed by atoms with Crippen LogP contribution in [0.4, 0.5) is 0 Å². The molecule has 1 aliphatic rings. The number of hydrogen-bond donors (Lipinski definition) is 1. The summed E-state index contributed by atoms with van der Waals surface area (Å²) < 4.78 is 0. The summed E-state index contributed by atoms with van der Waals surface area (Å²) in [7, 11) is 0. The van der Waals surface area contributed by atoms with Gasteiger partial charge in [0.15, 0.2) is 5.96 Å². The van der Waals surface area contributed by atoms with Gasteiger partial charge in [-0.1, -0.05) is 24.6 Å². The van der Waals surface area contributed by atoms with Gasteiger partial charge in [-0.25, -0.2) is 0 Å². The highest BCUT2D eigenvalue weighted by atomic mass is 127. The van der Waals surface area contributed by atoms with Gasteiger partial charge in [0, 0.05) is 23.7 Å². The van der Waals surface area contributed by atoms with Crippen LogP contribution in [0.25, 0.3) is 0 Å². The van der Waals surface area contributed by atoms with Crippen molar-refractivity contribution in [3.05, 3.63) is 29.8 Å². The molecule has 0 saturated carbocycles. The molecule has 0 spiro atoms. The highest BCUT2D eigenvalue weighted by Gasteiger charge is 2.16. The van der Waals surface area contributed by atoms with Gasteiger partial charge >= 0.3 is 0 Å². The number of halogens is 1. The van der Waals surface area contributed by atoms with Crippen LogP contribution in [0, 0.1) is 12.8 Å². The Morgan fingerprint density at radius 3 is 2.52 bits per heavy atom. The van der Waals surface area contributed by atoms with Crippen LogP contribution in [0.2, 0.25) is 0 Å². The standard InChI is InChI=1S/C16H25N3S.HI/c1-13-3-5-15(6-4-13)20-12-9-18-16(17)19-10-7-14(2)8-11-19;/h3-6,14H,7-12H2,1-2H3,(H2,17,18);1H. The lowest BCUT2D eigenvalue weighted by atomic mass is 10.00. The number of thioether (sulfide) groups is 1. The molecule has 118 valence electrons. The van der Waals surface area contributed by atoms with E-state index in [0.717, 1.165) is 37.3 Å². The molecule has 0 atom stereocenters. The fraction of sp³-hybridized carbons (Fsp3) is 0.562. The summed E-state index contributed by atoms with van der Waals surface area (Å²) in [4.78, 5) is 8.03. The number of nitrogens with two attached hydrogens (primary N) is 1. The Morgan fingerprint density at radius 1 is 1.29 bits per heavy atom. The molecule has 2 rings (SSSR count). The zero-order valence-corrected chi connectivity index (χ0v) is 16.1. The van der Waals surface area contributed by atoms with Crippen molar-refractivity contribution in [1.29, 1.82) is 0 Å². The van der Waals surface area contributed by atoms with E-state index >= 15 is 0 Å². The molecular weight excluding hydrogens is 393 g/mol. The van der Waals surface area contributed by atoms with E-state index < -0.39 is 0 Å². The molecule has 0 bridgehead atoms. The Morgan fingerprint density at radius 2 is 1.90 bits per heavy atom. The smallest absolute Gasteiger partial charge is 0.191 e. The van der Waals surface area contributed by atoms with Crippen LogP contribution in [0.15, 0.2) is 34.2 Å². The van der Waals surface area contributed by atoms with Gasteiger partial charge in [0.05, 0.1) is 6.54 Å². The summed E-state index contributed by atoms with van der Waals surface area (Å²) in [5, 5.41) is 0. The monoisotopic (exact) mass is 419 g/mol. The van der Waals surface area contributed by atoms with Crippen molar-refractivity contribution >= 4 is 41.7 Å². The molecule has 1 heterocycles. The average molecular weight is 419 g/mol. The summed E-state index contributed by atoms with van der Waals surface area (Å²) in [6.45, 7) is 7.32. The van der Waals surface area contributed by atoms with Crippen molar-refractivity contribution in [2.75, 3.05) is 25.4 Å². The van der Waals surface area contributed by atoms with E-state index in [2.05, 4.69) is 48.0 Å². The summed E-state index contributed by atoms with van der Waals surface area (Å²) >= 11 is 1.84. The van der Waals surface area contributed by atoms with Crippen LogP contribution < -0.4 is 5.73 Å². The second-order valence-corrected chi connectivity index (χ2v) is 6.74. The van der Waals surface area contributed by atoms with E-state index in [-0.39, 0.29) is 24.0 Å². The van der Waals surface area contributed by atoms with Crippen LogP contribution in [-0.2, 0) is 0 Å². The first kappa shape index (κ1) is 18.6. The molecule has 5 heteroatoms. The van der Waals surface area contributed by atoms with E-state index in [0.29, 0.717) is 0 Å². The Hall–Kier alpha value is -0.430. The van der Waals surface area contributed by atoms with E-state index in [9.17, 15) is 0 Å². The second kappa shape index (κ2) is 9.56. The van der Waals surface area contributed by atoms with Crippen molar-refractivity contribution < 1.29 is 0 Å². The van der Waals surface area contributed by atoms with Gasteiger partial charge < -0.3 is 10.6 Å². The predicted molar refractivity (Wildman–Crippen MR) is 104 cm³/mol. The fourth-order valence-electron chi connectivity index (χ4n) is 2.30. The van der Waals surface area contributed by atoms with E-state index in [1.165, 1.54) is 23.3 Å².